The molecule has 142 valence electrons. The molecule has 3 heterocycles. The Morgan fingerprint density at radius 2 is 2.07 bits per heavy atom. The Morgan fingerprint density at radius 1 is 1.21 bits per heavy atom. The molecule has 4 rings (SSSR count). The molecule has 0 saturated carbocycles. The van der Waals surface area contributed by atoms with Gasteiger partial charge in [0.05, 0.1) is 21.0 Å². The molecule has 6 nitrogen and oxygen atoms in total. The van der Waals surface area contributed by atoms with Crippen molar-refractivity contribution in [3.63, 3.8) is 0 Å². The molecule has 0 unspecified atom stereocenters. The Kier molecular flexibility index (Phi) is 5.54. The van der Waals surface area contributed by atoms with Gasteiger partial charge < -0.3 is 5.32 Å². The fourth-order valence-corrected chi connectivity index (χ4v) is 4.30. The molecule has 0 radical (unpaired) electrons. The van der Waals surface area contributed by atoms with E-state index in [0.29, 0.717) is 20.3 Å². The van der Waals surface area contributed by atoms with Crippen LogP contribution in [-0.2, 0) is 4.79 Å². The van der Waals surface area contributed by atoms with Gasteiger partial charge in [-0.15, -0.1) is 21.5 Å². The van der Waals surface area contributed by atoms with E-state index in [2.05, 4.69) is 20.5 Å². The lowest BCUT2D eigenvalue weighted by molar-refractivity contribution is -0.115. The van der Waals surface area contributed by atoms with Gasteiger partial charge in [-0.2, -0.15) is 0 Å². The van der Waals surface area contributed by atoms with Gasteiger partial charge >= 0.3 is 0 Å². The average molecular weight is 450 g/mol. The van der Waals surface area contributed by atoms with E-state index < -0.39 is 0 Å². The smallest absolute Gasteiger partial charge is 0.239 e. The van der Waals surface area contributed by atoms with Gasteiger partial charge in [-0.25, -0.2) is 4.98 Å². The molecular formula is C18H13Cl2N5OS2. The Balaban J connectivity index is 1.44. The lowest BCUT2D eigenvalue weighted by Gasteiger charge is -2.09. The summed E-state index contributed by atoms with van der Waals surface area (Å²) in [7, 11) is 0. The number of pyridine rings is 1. The summed E-state index contributed by atoms with van der Waals surface area (Å²) in [5.74, 6) is -0.160. The third kappa shape index (κ3) is 4.00. The van der Waals surface area contributed by atoms with Crippen LogP contribution < -0.4 is 5.32 Å². The maximum absolute atomic E-state index is 12.6. The number of hydrogen-bond acceptors (Lipinski definition) is 6. The highest BCUT2D eigenvalue weighted by Gasteiger charge is 2.19. The Morgan fingerprint density at radius 3 is 2.89 bits per heavy atom. The zero-order valence-corrected chi connectivity index (χ0v) is 17.6. The molecule has 1 aromatic carbocycles. The fourth-order valence-electron chi connectivity index (χ4n) is 2.44. The number of nitrogens with one attached hydrogen (secondary N) is 1. The van der Waals surface area contributed by atoms with Crippen molar-refractivity contribution in [1.82, 2.24) is 19.6 Å². The summed E-state index contributed by atoms with van der Waals surface area (Å²) in [6.45, 7) is 1.82. The number of hydrogen-bond donors (Lipinski definition) is 1. The molecule has 1 amide bonds. The number of rotatable bonds is 5. The van der Waals surface area contributed by atoms with Crippen LogP contribution >= 0.6 is 46.3 Å². The van der Waals surface area contributed by atoms with Gasteiger partial charge in [0, 0.05) is 17.1 Å². The number of anilines is 1. The minimum atomic E-state index is -0.370. The second-order valence-corrected chi connectivity index (χ2v) is 8.81. The summed E-state index contributed by atoms with van der Waals surface area (Å²) in [6.07, 6.45) is 1.87. The fraction of sp³-hybridized carbons (Fsp3) is 0.111. The number of thioether (sulfide) groups is 1. The molecule has 1 atom stereocenters. The first-order valence-electron chi connectivity index (χ1n) is 8.19. The Bertz CT molecular complexity index is 1160. The minimum Gasteiger partial charge on any atom is -0.301 e. The molecule has 0 fully saturated rings. The van der Waals surface area contributed by atoms with Crippen molar-refractivity contribution in [2.75, 3.05) is 5.32 Å². The van der Waals surface area contributed by atoms with Crippen molar-refractivity contribution in [3.8, 4) is 11.3 Å². The van der Waals surface area contributed by atoms with Gasteiger partial charge in [-0.3, -0.25) is 9.20 Å². The molecule has 0 bridgehead atoms. The molecule has 28 heavy (non-hydrogen) atoms. The van der Waals surface area contributed by atoms with E-state index >= 15 is 0 Å². The summed E-state index contributed by atoms with van der Waals surface area (Å²) < 4.78 is 1.85. The van der Waals surface area contributed by atoms with Crippen LogP contribution in [0.15, 0.2) is 53.1 Å². The number of thiazole rings is 1. The zero-order chi connectivity index (χ0) is 19.7. The molecule has 0 spiro atoms. The van der Waals surface area contributed by atoms with Gasteiger partial charge in [0.25, 0.3) is 0 Å². The minimum absolute atomic E-state index is 0.160. The predicted molar refractivity (Wildman–Crippen MR) is 115 cm³/mol. The first-order chi connectivity index (χ1) is 13.5. The van der Waals surface area contributed by atoms with E-state index in [1.807, 2.05) is 47.2 Å². The molecule has 0 saturated heterocycles. The van der Waals surface area contributed by atoms with Crippen molar-refractivity contribution in [1.29, 1.82) is 0 Å². The van der Waals surface area contributed by atoms with Crippen molar-refractivity contribution in [2.24, 2.45) is 0 Å². The summed E-state index contributed by atoms with van der Waals surface area (Å²) in [5, 5.41) is 14.7. The van der Waals surface area contributed by atoms with Crippen molar-refractivity contribution < 1.29 is 4.79 Å². The molecular weight excluding hydrogens is 437 g/mol. The van der Waals surface area contributed by atoms with E-state index in [4.69, 9.17) is 23.2 Å². The van der Waals surface area contributed by atoms with Gasteiger partial charge in [0.1, 0.15) is 0 Å². The van der Waals surface area contributed by atoms with Crippen LogP contribution in [0.2, 0.25) is 10.0 Å². The number of nitrogens with zero attached hydrogens (tertiary/aromatic N) is 4. The van der Waals surface area contributed by atoms with Gasteiger partial charge in [-0.1, -0.05) is 47.1 Å². The standard InChI is InChI=1S/C18H13Cl2N5OS2/c1-10(28-18-24-23-15-4-2-3-7-25(15)18)16(26)22-17-21-14(9-27-17)11-5-6-12(19)13(20)8-11/h2-10H,1H3,(H,21,22,26)/t10-/m1/s1. The van der Waals surface area contributed by atoms with Crippen LogP contribution in [0.3, 0.4) is 0 Å². The largest absolute Gasteiger partial charge is 0.301 e. The molecule has 0 aliphatic heterocycles. The van der Waals surface area contributed by atoms with Crippen LogP contribution in [0.1, 0.15) is 6.92 Å². The topological polar surface area (TPSA) is 72.2 Å². The van der Waals surface area contributed by atoms with Gasteiger partial charge in [0.2, 0.25) is 5.91 Å². The van der Waals surface area contributed by atoms with Crippen LogP contribution in [0, 0.1) is 0 Å². The summed E-state index contributed by atoms with van der Waals surface area (Å²) in [6, 6.07) is 11.0. The summed E-state index contributed by atoms with van der Waals surface area (Å²) >= 11 is 14.7. The molecule has 4 aromatic rings. The molecule has 3 aromatic heterocycles. The lowest BCUT2D eigenvalue weighted by atomic mass is 10.2. The number of halogens is 2. The van der Waals surface area contributed by atoms with E-state index in [1.54, 1.807) is 12.1 Å². The predicted octanol–water partition coefficient (Wildman–Crippen LogP) is 5.28. The number of fused-ring (bicyclic) bond motifs is 1. The maximum Gasteiger partial charge on any atom is 0.239 e. The number of aromatic nitrogens is 4. The summed E-state index contributed by atoms with van der Waals surface area (Å²) in [5.41, 5.74) is 2.30. The van der Waals surface area contributed by atoms with Crippen molar-refractivity contribution >= 4 is 63.0 Å². The maximum atomic E-state index is 12.6. The zero-order valence-electron chi connectivity index (χ0n) is 14.5. The lowest BCUT2D eigenvalue weighted by Crippen LogP contribution is -2.22. The average Bonchev–Trinajstić information content (AvgIpc) is 3.31. The van der Waals surface area contributed by atoms with E-state index in [0.717, 1.165) is 16.9 Å². The van der Waals surface area contributed by atoms with Crippen molar-refractivity contribution in [2.45, 2.75) is 17.3 Å². The van der Waals surface area contributed by atoms with Crippen LogP contribution in [0.5, 0.6) is 0 Å². The van der Waals surface area contributed by atoms with Crippen LogP contribution in [0.25, 0.3) is 16.9 Å². The van der Waals surface area contributed by atoms with E-state index in [9.17, 15) is 4.79 Å². The highest BCUT2D eigenvalue weighted by Crippen LogP contribution is 2.31. The molecule has 10 heteroatoms. The van der Waals surface area contributed by atoms with Gasteiger partial charge in [-0.05, 0) is 31.2 Å². The Hall–Kier alpha value is -2.13. The summed E-state index contributed by atoms with van der Waals surface area (Å²) in [4.78, 5) is 17.0. The number of amides is 1. The van der Waals surface area contributed by atoms with E-state index in [-0.39, 0.29) is 11.2 Å². The first-order valence-corrected chi connectivity index (χ1v) is 10.7. The van der Waals surface area contributed by atoms with Crippen LogP contribution in [-0.4, -0.2) is 30.7 Å². The first kappa shape index (κ1) is 19.2. The van der Waals surface area contributed by atoms with Crippen LogP contribution in [0.4, 0.5) is 5.13 Å². The second-order valence-electron chi connectivity index (χ2n) is 5.83. The molecule has 0 aliphatic carbocycles. The quantitative estimate of drug-likeness (QED) is 0.419. The van der Waals surface area contributed by atoms with E-state index in [1.165, 1.54) is 23.1 Å². The molecule has 0 aliphatic rings. The second kappa shape index (κ2) is 8.08. The normalized spacial score (nSPS) is 12.2. The number of carbonyl (C=O) groups is 1. The van der Waals surface area contributed by atoms with Crippen molar-refractivity contribution in [3.05, 3.63) is 58.0 Å². The third-order valence-corrected chi connectivity index (χ3v) is 6.44. The highest BCUT2D eigenvalue weighted by molar-refractivity contribution is 8.00. The number of benzene rings is 1. The third-order valence-electron chi connectivity index (χ3n) is 3.88. The van der Waals surface area contributed by atoms with Gasteiger partial charge in [0.15, 0.2) is 15.9 Å². The monoisotopic (exact) mass is 449 g/mol. The highest BCUT2D eigenvalue weighted by atomic mass is 35.5. The Labute approximate surface area is 178 Å². The SMILES string of the molecule is C[C@@H](Sc1nnc2ccccn12)C(=O)Nc1nc(-c2ccc(Cl)c(Cl)c2)cs1. The molecule has 1 N–H and O–H groups in total. The number of carbonyl (C=O) groups excluding carboxylic acids is 1.